The van der Waals surface area contributed by atoms with Gasteiger partial charge in [0, 0.05) is 11.5 Å². The predicted octanol–water partition coefficient (Wildman–Crippen LogP) is 1.80. The molecule has 16 heavy (non-hydrogen) atoms. The quantitative estimate of drug-likeness (QED) is 0.785. The van der Waals surface area contributed by atoms with Gasteiger partial charge in [-0.25, -0.2) is 4.79 Å². The standard InChI is InChI=1S/C10H10F2N2O2/c1-2-16-9(15)7-6-4-3-5(4)10(11,12)8(6)14-13-7/h4-5H,2-3H2,1H3,(H,13,14)/t4?,5-/m1/s1. The van der Waals surface area contributed by atoms with Crippen LogP contribution in [-0.2, 0) is 10.7 Å². The summed E-state index contributed by atoms with van der Waals surface area (Å²) in [7, 11) is 0. The lowest BCUT2D eigenvalue weighted by atomic mass is 10.1. The van der Waals surface area contributed by atoms with Crippen molar-refractivity contribution in [2.75, 3.05) is 6.61 Å². The molecular formula is C10H10F2N2O2. The third kappa shape index (κ3) is 1.02. The number of halogens is 2. The van der Waals surface area contributed by atoms with E-state index in [9.17, 15) is 13.6 Å². The Morgan fingerprint density at radius 3 is 3.12 bits per heavy atom. The summed E-state index contributed by atoms with van der Waals surface area (Å²) in [5.74, 6) is -4.35. The van der Waals surface area contributed by atoms with Crippen LogP contribution in [0.2, 0.25) is 0 Å². The van der Waals surface area contributed by atoms with E-state index < -0.39 is 17.8 Å². The largest absolute Gasteiger partial charge is 0.461 e. The third-order valence-corrected chi connectivity index (χ3v) is 3.23. The van der Waals surface area contributed by atoms with Gasteiger partial charge in [-0.1, -0.05) is 0 Å². The molecule has 0 saturated heterocycles. The number of fused-ring (bicyclic) bond motifs is 3. The lowest BCUT2D eigenvalue weighted by Crippen LogP contribution is -2.14. The number of esters is 1. The van der Waals surface area contributed by atoms with Crippen molar-refractivity contribution in [3.8, 4) is 0 Å². The van der Waals surface area contributed by atoms with Gasteiger partial charge in [0.1, 0.15) is 5.69 Å². The molecule has 0 aromatic carbocycles. The minimum Gasteiger partial charge on any atom is -0.461 e. The SMILES string of the molecule is CCOC(=O)c1n[nH]c2c1C1C[C@H]1C2(F)F. The Morgan fingerprint density at radius 2 is 2.44 bits per heavy atom. The molecule has 0 radical (unpaired) electrons. The molecule has 2 aliphatic carbocycles. The first-order valence-corrected chi connectivity index (χ1v) is 5.21. The molecule has 1 unspecified atom stereocenters. The second-order valence-electron chi connectivity index (χ2n) is 4.15. The summed E-state index contributed by atoms with van der Waals surface area (Å²) in [6.45, 7) is 1.88. The van der Waals surface area contributed by atoms with Crippen molar-refractivity contribution in [1.29, 1.82) is 0 Å². The van der Waals surface area contributed by atoms with Crippen LogP contribution in [0, 0.1) is 5.92 Å². The Morgan fingerprint density at radius 1 is 1.69 bits per heavy atom. The van der Waals surface area contributed by atoms with E-state index in [0.717, 1.165) is 0 Å². The van der Waals surface area contributed by atoms with Crippen LogP contribution in [0.25, 0.3) is 0 Å². The van der Waals surface area contributed by atoms with Gasteiger partial charge < -0.3 is 4.74 Å². The van der Waals surface area contributed by atoms with Crippen molar-refractivity contribution < 1.29 is 18.3 Å². The highest BCUT2D eigenvalue weighted by Gasteiger charge is 2.66. The summed E-state index contributed by atoms with van der Waals surface area (Å²) >= 11 is 0. The van der Waals surface area contributed by atoms with Crippen LogP contribution in [0.15, 0.2) is 0 Å². The number of carbonyl (C=O) groups is 1. The van der Waals surface area contributed by atoms with Crippen molar-refractivity contribution in [3.05, 3.63) is 17.0 Å². The van der Waals surface area contributed by atoms with Gasteiger partial charge in [-0.3, -0.25) is 5.10 Å². The first-order valence-electron chi connectivity index (χ1n) is 5.21. The minimum absolute atomic E-state index is 0.0292. The monoisotopic (exact) mass is 228 g/mol. The molecule has 3 rings (SSSR count). The highest BCUT2D eigenvalue weighted by Crippen LogP contribution is 2.67. The van der Waals surface area contributed by atoms with Crippen molar-refractivity contribution in [2.24, 2.45) is 5.92 Å². The molecule has 1 saturated carbocycles. The second-order valence-corrected chi connectivity index (χ2v) is 4.15. The smallest absolute Gasteiger partial charge is 0.359 e. The predicted molar refractivity (Wildman–Crippen MR) is 49.3 cm³/mol. The fraction of sp³-hybridized carbons (Fsp3) is 0.600. The molecule has 6 heteroatoms. The number of rotatable bonds is 2. The Kier molecular flexibility index (Phi) is 1.71. The maximum absolute atomic E-state index is 13.6. The van der Waals surface area contributed by atoms with Crippen LogP contribution < -0.4 is 0 Å². The summed E-state index contributed by atoms with van der Waals surface area (Å²) in [5, 5.41) is 5.93. The number of hydrogen-bond acceptors (Lipinski definition) is 3. The molecule has 2 atom stereocenters. The lowest BCUT2D eigenvalue weighted by Gasteiger charge is -2.09. The average Bonchev–Trinajstić information content (AvgIpc) is 2.84. The zero-order chi connectivity index (χ0) is 11.5. The fourth-order valence-corrected chi connectivity index (χ4v) is 2.42. The van der Waals surface area contributed by atoms with E-state index in [0.29, 0.717) is 12.0 Å². The van der Waals surface area contributed by atoms with Gasteiger partial charge in [0.15, 0.2) is 5.69 Å². The Bertz CT molecular complexity index is 469. The molecule has 0 bridgehead atoms. The molecule has 0 spiro atoms. The van der Waals surface area contributed by atoms with Crippen LogP contribution in [0.4, 0.5) is 8.78 Å². The summed E-state index contributed by atoms with van der Waals surface area (Å²) in [6.07, 6.45) is 0.436. The number of hydrogen-bond donors (Lipinski definition) is 1. The van der Waals surface area contributed by atoms with Gasteiger partial charge in [0.2, 0.25) is 0 Å². The topological polar surface area (TPSA) is 55.0 Å². The van der Waals surface area contributed by atoms with Crippen molar-refractivity contribution >= 4 is 5.97 Å². The molecule has 0 amide bonds. The van der Waals surface area contributed by atoms with Gasteiger partial charge in [0.25, 0.3) is 5.92 Å². The maximum Gasteiger partial charge on any atom is 0.359 e. The molecule has 1 fully saturated rings. The number of aromatic nitrogens is 2. The van der Waals surface area contributed by atoms with Gasteiger partial charge in [-0.15, -0.1) is 0 Å². The molecule has 0 aliphatic heterocycles. The van der Waals surface area contributed by atoms with E-state index in [-0.39, 0.29) is 23.9 Å². The van der Waals surface area contributed by atoms with E-state index in [1.807, 2.05) is 0 Å². The zero-order valence-electron chi connectivity index (χ0n) is 8.59. The summed E-state index contributed by atoms with van der Waals surface area (Å²) in [5.41, 5.74) is 0.201. The van der Waals surface area contributed by atoms with Crippen LogP contribution in [-0.4, -0.2) is 22.8 Å². The Labute approximate surface area is 90.0 Å². The minimum atomic E-state index is -2.86. The number of alkyl halides is 2. The van der Waals surface area contributed by atoms with Gasteiger partial charge >= 0.3 is 5.97 Å². The highest BCUT2D eigenvalue weighted by molar-refractivity contribution is 5.90. The van der Waals surface area contributed by atoms with Crippen LogP contribution in [0.5, 0.6) is 0 Å². The van der Waals surface area contributed by atoms with Crippen LogP contribution >= 0.6 is 0 Å². The molecule has 1 heterocycles. The van der Waals surface area contributed by atoms with Crippen molar-refractivity contribution in [3.63, 3.8) is 0 Å². The van der Waals surface area contributed by atoms with Gasteiger partial charge in [0.05, 0.1) is 6.61 Å². The third-order valence-electron chi connectivity index (χ3n) is 3.23. The van der Waals surface area contributed by atoms with Crippen LogP contribution in [0.3, 0.4) is 0 Å². The van der Waals surface area contributed by atoms with E-state index in [4.69, 9.17) is 4.74 Å². The Balaban J connectivity index is 2.03. The number of ether oxygens (including phenoxy) is 1. The van der Waals surface area contributed by atoms with Crippen molar-refractivity contribution in [1.82, 2.24) is 10.2 Å². The van der Waals surface area contributed by atoms with Crippen LogP contribution in [0.1, 0.15) is 41.0 Å². The van der Waals surface area contributed by atoms with E-state index in [2.05, 4.69) is 10.2 Å². The average molecular weight is 228 g/mol. The lowest BCUT2D eigenvalue weighted by molar-refractivity contribution is -0.0268. The molecule has 1 N–H and O–H groups in total. The highest BCUT2D eigenvalue weighted by atomic mass is 19.3. The molecule has 86 valence electrons. The zero-order valence-corrected chi connectivity index (χ0v) is 8.59. The summed E-state index contributed by atoms with van der Waals surface area (Å²) in [6, 6.07) is 0. The summed E-state index contributed by atoms with van der Waals surface area (Å²) < 4.78 is 32.0. The van der Waals surface area contributed by atoms with E-state index in [1.165, 1.54) is 0 Å². The second kappa shape index (κ2) is 2.81. The van der Waals surface area contributed by atoms with E-state index >= 15 is 0 Å². The van der Waals surface area contributed by atoms with Gasteiger partial charge in [-0.05, 0) is 19.3 Å². The van der Waals surface area contributed by atoms with Gasteiger partial charge in [-0.2, -0.15) is 13.9 Å². The molecule has 1 aromatic rings. The first-order chi connectivity index (χ1) is 7.57. The number of nitrogens with zero attached hydrogens (tertiary/aromatic N) is 1. The summed E-state index contributed by atoms with van der Waals surface area (Å²) in [4.78, 5) is 11.5. The normalized spacial score (nSPS) is 28.4. The molecule has 4 nitrogen and oxygen atoms in total. The fourth-order valence-electron chi connectivity index (χ4n) is 2.42. The number of H-pyrrole nitrogens is 1. The molecule has 1 aromatic heterocycles. The number of aromatic amines is 1. The van der Waals surface area contributed by atoms with Crippen molar-refractivity contribution in [2.45, 2.75) is 25.2 Å². The first kappa shape index (κ1) is 9.74. The molecular weight excluding hydrogens is 218 g/mol. The Hall–Kier alpha value is -1.46. The molecule has 2 aliphatic rings. The number of nitrogens with one attached hydrogen (secondary N) is 1. The number of carbonyl (C=O) groups excluding carboxylic acids is 1. The van der Waals surface area contributed by atoms with E-state index in [1.54, 1.807) is 6.92 Å². The maximum atomic E-state index is 13.6.